The predicted octanol–water partition coefficient (Wildman–Crippen LogP) is 2.80. The number of carbonyl (C=O) groups excluding carboxylic acids is 1. The average molecular weight is 266 g/mol. The maximum Gasteiger partial charge on any atom is 0.371 e. The molecule has 98 valence electrons. The molecular weight excluding hydrogens is 258 g/mol. The average Bonchev–Trinajstić information content (AvgIpc) is 2.84. The van der Waals surface area contributed by atoms with E-state index in [-0.39, 0.29) is 5.56 Å². The van der Waals surface area contributed by atoms with Crippen molar-refractivity contribution in [3.8, 4) is 0 Å². The van der Waals surface area contributed by atoms with Crippen LogP contribution in [0.5, 0.6) is 0 Å². The van der Waals surface area contributed by atoms with Crippen molar-refractivity contribution in [2.24, 2.45) is 0 Å². The summed E-state index contributed by atoms with van der Waals surface area (Å²) < 4.78 is 32.0. The second-order valence-electron chi connectivity index (χ2n) is 3.85. The van der Waals surface area contributed by atoms with E-state index in [4.69, 9.17) is 9.52 Å². The third kappa shape index (κ3) is 2.24. The summed E-state index contributed by atoms with van der Waals surface area (Å²) >= 11 is 0. The summed E-state index contributed by atoms with van der Waals surface area (Å²) in [6, 6.07) is 4.27. The summed E-state index contributed by atoms with van der Waals surface area (Å²) in [6.07, 6.45) is 0. The van der Waals surface area contributed by atoms with Gasteiger partial charge in [-0.1, -0.05) is 6.07 Å². The van der Waals surface area contributed by atoms with Crippen LogP contribution in [0.15, 0.2) is 28.7 Å². The summed E-state index contributed by atoms with van der Waals surface area (Å²) in [5.41, 5.74) is -0.652. The Morgan fingerprint density at radius 3 is 2.32 bits per heavy atom. The lowest BCUT2D eigenvalue weighted by Gasteiger charge is -2.04. The van der Waals surface area contributed by atoms with Gasteiger partial charge in [0.25, 0.3) is 0 Å². The lowest BCUT2D eigenvalue weighted by atomic mass is 10.0. The number of benzene rings is 1. The van der Waals surface area contributed by atoms with Crippen LogP contribution in [0, 0.1) is 18.6 Å². The van der Waals surface area contributed by atoms with Gasteiger partial charge in [0, 0.05) is 0 Å². The Hall–Kier alpha value is -2.50. The van der Waals surface area contributed by atoms with E-state index in [0.717, 1.165) is 18.2 Å². The molecule has 0 saturated heterocycles. The highest BCUT2D eigenvalue weighted by atomic mass is 19.1. The SMILES string of the molecule is Cc1ccc(F)c(C(=O)c2ccc(C(=O)O)o2)c1F. The Bertz CT molecular complexity index is 673. The molecule has 0 aliphatic rings. The topological polar surface area (TPSA) is 67.5 Å². The Balaban J connectivity index is 2.50. The van der Waals surface area contributed by atoms with E-state index in [9.17, 15) is 18.4 Å². The minimum absolute atomic E-state index is 0.106. The van der Waals surface area contributed by atoms with Gasteiger partial charge in [0.2, 0.25) is 11.5 Å². The molecule has 1 aromatic heterocycles. The first kappa shape index (κ1) is 12.9. The smallest absolute Gasteiger partial charge is 0.371 e. The van der Waals surface area contributed by atoms with Gasteiger partial charge < -0.3 is 9.52 Å². The number of rotatable bonds is 3. The molecule has 1 N–H and O–H groups in total. The van der Waals surface area contributed by atoms with E-state index < -0.39 is 40.5 Å². The lowest BCUT2D eigenvalue weighted by Crippen LogP contribution is -2.08. The lowest BCUT2D eigenvalue weighted by molar-refractivity contribution is 0.0660. The number of carboxylic acids is 1. The number of furan rings is 1. The van der Waals surface area contributed by atoms with Crippen molar-refractivity contribution < 1.29 is 27.9 Å². The zero-order valence-electron chi connectivity index (χ0n) is 9.74. The van der Waals surface area contributed by atoms with Crippen molar-refractivity contribution in [2.75, 3.05) is 0 Å². The maximum atomic E-state index is 13.7. The fourth-order valence-electron chi connectivity index (χ4n) is 1.56. The van der Waals surface area contributed by atoms with Crippen LogP contribution < -0.4 is 0 Å². The summed E-state index contributed by atoms with van der Waals surface area (Å²) in [5.74, 6) is -5.33. The number of carbonyl (C=O) groups is 2. The number of aryl methyl sites for hydroxylation is 1. The molecule has 0 spiro atoms. The minimum atomic E-state index is -1.37. The Labute approximate surface area is 106 Å². The molecule has 19 heavy (non-hydrogen) atoms. The standard InChI is InChI=1S/C13H8F2O4/c1-6-2-3-7(14)10(11(6)15)12(16)8-4-5-9(19-8)13(17)18/h2-5H,1H3,(H,17,18). The van der Waals surface area contributed by atoms with E-state index in [2.05, 4.69) is 0 Å². The number of carboxylic acid groups (broad SMARTS) is 1. The molecule has 0 amide bonds. The van der Waals surface area contributed by atoms with Crippen molar-refractivity contribution in [3.63, 3.8) is 0 Å². The largest absolute Gasteiger partial charge is 0.475 e. The molecule has 0 bridgehead atoms. The molecule has 1 heterocycles. The van der Waals surface area contributed by atoms with Gasteiger partial charge in [-0.3, -0.25) is 4.79 Å². The summed E-state index contributed by atoms with van der Waals surface area (Å²) in [4.78, 5) is 22.5. The fourth-order valence-corrected chi connectivity index (χ4v) is 1.56. The van der Waals surface area contributed by atoms with Crippen LogP contribution in [0.2, 0.25) is 0 Å². The number of halogens is 2. The molecule has 0 radical (unpaired) electrons. The molecule has 0 fully saturated rings. The molecule has 0 aliphatic carbocycles. The first-order chi connectivity index (χ1) is 8.91. The Morgan fingerprint density at radius 2 is 1.74 bits per heavy atom. The van der Waals surface area contributed by atoms with Crippen LogP contribution in [0.1, 0.15) is 32.2 Å². The molecule has 6 heteroatoms. The van der Waals surface area contributed by atoms with E-state index in [1.807, 2.05) is 0 Å². The fraction of sp³-hybridized carbons (Fsp3) is 0.0769. The third-order valence-electron chi connectivity index (χ3n) is 2.55. The van der Waals surface area contributed by atoms with Gasteiger partial charge in [0.05, 0.1) is 5.56 Å². The predicted molar refractivity (Wildman–Crippen MR) is 60.2 cm³/mol. The van der Waals surface area contributed by atoms with Crippen molar-refractivity contribution in [1.29, 1.82) is 0 Å². The monoisotopic (exact) mass is 266 g/mol. The van der Waals surface area contributed by atoms with Crippen LogP contribution in [-0.4, -0.2) is 16.9 Å². The van der Waals surface area contributed by atoms with Gasteiger partial charge in [0.15, 0.2) is 5.76 Å². The summed E-state index contributed by atoms with van der Waals surface area (Å²) in [7, 11) is 0. The zero-order chi connectivity index (χ0) is 14.2. The molecule has 1 aromatic carbocycles. The van der Waals surface area contributed by atoms with Gasteiger partial charge in [-0.25, -0.2) is 13.6 Å². The van der Waals surface area contributed by atoms with Crippen LogP contribution in [0.25, 0.3) is 0 Å². The van der Waals surface area contributed by atoms with Crippen molar-refractivity contribution >= 4 is 11.8 Å². The number of aromatic carboxylic acids is 1. The minimum Gasteiger partial charge on any atom is -0.475 e. The van der Waals surface area contributed by atoms with Gasteiger partial charge >= 0.3 is 5.97 Å². The third-order valence-corrected chi connectivity index (χ3v) is 2.55. The normalized spacial score (nSPS) is 10.5. The highest BCUT2D eigenvalue weighted by Gasteiger charge is 2.24. The highest BCUT2D eigenvalue weighted by molar-refractivity contribution is 6.08. The van der Waals surface area contributed by atoms with Crippen molar-refractivity contribution in [2.45, 2.75) is 6.92 Å². The Kier molecular flexibility index (Phi) is 3.16. The van der Waals surface area contributed by atoms with Gasteiger partial charge in [-0.2, -0.15) is 0 Å². The molecule has 2 rings (SSSR count). The first-order valence-electron chi connectivity index (χ1n) is 5.24. The second-order valence-corrected chi connectivity index (χ2v) is 3.85. The molecule has 2 aromatic rings. The van der Waals surface area contributed by atoms with Crippen LogP contribution in [-0.2, 0) is 0 Å². The molecule has 0 saturated carbocycles. The molecular formula is C13H8F2O4. The van der Waals surface area contributed by atoms with Crippen LogP contribution in [0.4, 0.5) is 8.78 Å². The Morgan fingerprint density at radius 1 is 1.11 bits per heavy atom. The van der Waals surface area contributed by atoms with Crippen molar-refractivity contribution in [1.82, 2.24) is 0 Å². The zero-order valence-corrected chi connectivity index (χ0v) is 9.74. The van der Waals surface area contributed by atoms with Crippen molar-refractivity contribution in [3.05, 3.63) is 58.5 Å². The molecule has 4 nitrogen and oxygen atoms in total. The van der Waals surface area contributed by atoms with E-state index >= 15 is 0 Å². The molecule has 0 atom stereocenters. The van der Waals surface area contributed by atoms with Gasteiger partial charge in [-0.05, 0) is 30.7 Å². The maximum absolute atomic E-state index is 13.7. The number of ketones is 1. The second kappa shape index (κ2) is 4.64. The highest BCUT2D eigenvalue weighted by Crippen LogP contribution is 2.21. The van der Waals surface area contributed by atoms with E-state index in [0.29, 0.717) is 0 Å². The van der Waals surface area contributed by atoms with E-state index in [1.165, 1.54) is 13.0 Å². The molecule has 0 aliphatic heterocycles. The summed E-state index contributed by atoms with van der Waals surface area (Å²) in [5, 5.41) is 8.65. The van der Waals surface area contributed by atoms with Crippen LogP contribution >= 0.6 is 0 Å². The molecule has 0 unspecified atom stereocenters. The summed E-state index contributed by atoms with van der Waals surface area (Å²) in [6.45, 7) is 1.39. The number of hydrogen-bond donors (Lipinski definition) is 1. The first-order valence-corrected chi connectivity index (χ1v) is 5.24. The van der Waals surface area contributed by atoms with Gasteiger partial charge in [0.1, 0.15) is 11.6 Å². The van der Waals surface area contributed by atoms with Crippen LogP contribution in [0.3, 0.4) is 0 Å². The van der Waals surface area contributed by atoms with E-state index in [1.54, 1.807) is 0 Å². The quantitative estimate of drug-likeness (QED) is 0.867. The van der Waals surface area contributed by atoms with Gasteiger partial charge in [-0.15, -0.1) is 0 Å². The number of hydrogen-bond acceptors (Lipinski definition) is 3.